The highest BCUT2D eigenvalue weighted by atomic mass is 35.5. The number of rotatable bonds is 5. The molecule has 1 aliphatic carbocycles. The first-order valence-electron chi connectivity index (χ1n) is 7.49. The van der Waals surface area contributed by atoms with Crippen LogP contribution in [0.25, 0.3) is 0 Å². The summed E-state index contributed by atoms with van der Waals surface area (Å²) in [5, 5.41) is 0.0803. The fraction of sp³-hybridized carbons (Fsp3) is 0.647. The third-order valence-corrected chi connectivity index (χ3v) is 4.73. The lowest BCUT2D eigenvalue weighted by Gasteiger charge is -2.23. The molecule has 1 atom stereocenters. The summed E-state index contributed by atoms with van der Waals surface area (Å²) in [6.07, 6.45) is 9.35. The molecule has 0 heterocycles. The lowest BCUT2D eigenvalue weighted by molar-refractivity contribution is 0.330. The van der Waals surface area contributed by atoms with Gasteiger partial charge in [0.2, 0.25) is 0 Å². The Balaban J connectivity index is 1.94. The van der Waals surface area contributed by atoms with E-state index in [4.69, 9.17) is 16.3 Å². The minimum atomic E-state index is 0.0803. The summed E-state index contributed by atoms with van der Waals surface area (Å²) in [5.74, 6) is 1.82. The van der Waals surface area contributed by atoms with Crippen LogP contribution < -0.4 is 4.74 Å². The maximum atomic E-state index is 6.60. The number of hydrogen-bond donors (Lipinski definition) is 0. The van der Waals surface area contributed by atoms with Gasteiger partial charge in [-0.25, -0.2) is 0 Å². The van der Waals surface area contributed by atoms with E-state index in [0.717, 1.165) is 23.7 Å². The largest absolute Gasteiger partial charge is 0.496 e. The third kappa shape index (κ3) is 4.14. The molecule has 0 bridgehead atoms. The van der Waals surface area contributed by atoms with Crippen LogP contribution in [0.4, 0.5) is 0 Å². The van der Waals surface area contributed by atoms with Gasteiger partial charge in [0.05, 0.1) is 12.5 Å². The zero-order chi connectivity index (χ0) is 13.7. The van der Waals surface area contributed by atoms with Crippen molar-refractivity contribution < 1.29 is 4.74 Å². The Hall–Kier alpha value is -0.690. The topological polar surface area (TPSA) is 9.23 Å². The Kier molecular flexibility index (Phi) is 5.57. The molecule has 1 aromatic carbocycles. The van der Waals surface area contributed by atoms with Gasteiger partial charge >= 0.3 is 0 Å². The number of aryl methyl sites for hydroxylation is 1. The van der Waals surface area contributed by atoms with Crippen LogP contribution in [-0.2, 0) is 0 Å². The second-order valence-corrected chi connectivity index (χ2v) is 6.32. The smallest absolute Gasteiger partial charge is 0.123 e. The van der Waals surface area contributed by atoms with Gasteiger partial charge in [0.1, 0.15) is 5.75 Å². The van der Waals surface area contributed by atoms with Gasteiger partial charge in [0, 0.05) is 5.56 Å². The Morgan fingerprint density at radius 1 is 1.26 bits per heavy atom. The molecular formula is C17H25ClO. The van der Waals surface area contributed by atoms with Crippen molar-refractivity contribution in [2.75, 3.05) is 7.11 Å². The maximum Gasteiger partial charge on any atom is 0.123 e. The molecule has 0 radical (unpaired) electrons. The van der Waals surface area contributed by atoms with Crippen LogP contribution in [0, 0.1) is 12.8 Å². The van der Waals surface area contributed by atoms with Crippen molar-refractivity contribution in [1.82, 2.24) is 0 Å². The maximum absolute atomic E-state index is 6.60. The molecular weight excluding hydrogens is 256 g/mol. The predicted octanol–water partition coefficient (Wildman–Crippen LogP) is 5.64. The standard InChI is InChI=1S/C17H25ClO/c1-13-8-11-17(19-2)15(12-13)16(18)10-9-14-6-4-3-5-7-14/h8,11-12,14,16H,3-7,9-10H2,1-2H3. The van der Waals surface area contributed by atoms with Gasteiger partial charge < -0.3 is 4.74 Å². The minimum absolute atomic E-state index is 0.0803. The van der Waals surface area contributed by atoms with Crippen molar-refractivity contribution >= 4 is 11.6 Å². The van der Waals surface area contributed by atoms with E-state index in [1.807, 2.05) is 6.07 Å². The van der Waals surface area contributed by atoms with E-state index in [0.29, 0.717) is 0 Å². The highest BCUT2D eigenvalue weighted by Crippen LogP contribution is 2.36. The van der Waals surface area contributed by atoms with Gasteiger partial charge in [-0.3, -0.25) is 0 Å². The molecule has 1 saturated carbocycles. The lowest BCUT2D eigenvalue weighted by atomic mass is 9.85. The molecule has 0 aliphatic heterocycles. The molecule has 1 aromatic rings. The Bertz CT molecular complexity index is 396. The first kappa shape index (κ1) is 14.7. The summed E-state index contributed by atoms with van der Waals surface area (Å²) in [4.78, 5) is 0. The Labute approximate surface area is 122 Å². The molecule has 0 amide bonds. The molecule has 0 spiro atoms. The number of hydrogen-bond acceptors (Lipinski definition) is 1. The molecule has 106 valence electrons. The van der Waals surface area contributed by atoms with Crippen LogP contribution in [-0.4, -0.2) is 7.11 Å². The van der Waals surface area contributed by atoms with Gasteiger partial charge in [-0.05, 0) is 31.7 Å². The first-order chi connectivity index (χ1) is 9.20. The lowest BCUT2D eigenvalue weighted by Crippen LogP contribution is -2.07. The van der Waals surface area contributed by atoms with Crippen molar-refractivity contribution in [3.8, 4) is 5.75 Å². The van der Waals surface area contributed by atoms with Crippen molar-refractivity contribution in [2.45, 2.75) is 57.2 Å². The van der Waals surface area contributed by atoms with Crippen LogP contribution in [0.2, 0.25) is 0 Å². The van der Waals surface area contributed by atoms with Gasteiger partial charge in [-0.2, -0.15) is 0 Å². The van der Waals surface area contributed by atoms with Gasteiger partial charge in [0.15, 0.2) is 0 Å². The van der Waals surface area contributed by atoms with Crippen LogP contribution in [0.5, 0.6) is 5.75 Å². The van der Waals surface area contributed by atoms with Crippen LogP contribution >= 0.6 is 11.6 Å². The SMILES string of the molecule is COc1ccc(C)cc1C(Cl)CCC1CCCCC1. The number of benzene rings is 1. The van der Waals surface area contributed by atoms with E-state index in [9.17, 15) is 0 Å². The molecule has 2 rings (SSSR count). The fourth-order valence-corrected chi connectivity index (χ4v) is 3.41. The molecule has 0 saturated heterocycles. The third-order valence-electron chi connectivity index (χ3n) is 4.28. The van der Waals surface area contributed by atoms with Crippen molar-refractivity contribution in [1.29, 1.82) is 0 Å². The summed E-state index contributed by atoms with van der Waals surface area (Å²) >= 11 is 6.60. The Morgan fingerprint density at radius 2 is 2.00 bits per heavy atom. The number of alkyl halides is 1. The average molecular weight is 281 g/mol. The van der Waals surface area contributed by atoms with Crippen molar-refractivity contribution in [2.24, 2.45) is 5.92 Å². The highest BCUT2D eigenvalue weighted by molar-refractivity contribution is 6.21. The van der Waals surface area contributed by atoms with Crippen LogP contribution in [0.3, 0.4) is 0 Å². The van der Waals surface area contributed by atoms with Crippen molar-refractivity contribution in [3.05, 3.63) is 29.3 Å². The zero-order valence-electron chi connectivity index (χ0n) is 12.1. The molecule has 0 N–H and O–H groups in total. The van der Waals surface area contributed by atoms with E-state index < -0.39 is 0 Å². The second-order valence-electron chi connectivity index (χ2n) is 5.79. The number of ether oxygens (including phenoxy) is 1. The molecule has 1 nitrogen and oxygen atoms in total. The average Bonchev–Trinajstić information content (AvgIpc) is 2.46. The number of methoxy groups -OCH3 is 1. The highest BCUT2D eigenvalue weighted by Gasteiger charge is 2.18. The van der Waals surface area contributed by atoms with Crippen LogP contribution in [0.15, 0.2) is 18.2 Å². The Morgan fingerprint density at radius 3 is 2.68 bits per heavy atom. The van der Waals surface area contributed by atoms with Crippen LogP contribution in [0.1, 0.15) is 61.4 Å². The van der Waals surface area contributed by atoms with Gasteiger partial charge in [0.25, 0.3) is 0 Å². The van der Waals surface area contributed by atoms with Crippen molar-refractivity contribution in [3.63, 3.8) is 0 Å². The summed E-state index contributed by atoms with van der Waals surface area (Å²) in [6.45, 7) is 2.10. The molecule has 19 heavy (non-hydrogen) atoms. The number of halogens is 1. The molecule has 1 aliphatic rings. The molecule has 1 fully saturated rings. The van der Waals surface area contributed by atoms with E-state index in [1.165, 1.54) is 44.1 Å². The monoisotopic (exact) mass is 280 g/mol. The fourth-order valence-electron chi connectivity index (χ4n) is 3.11. The van der Waals surface area contributed by atoms with E-state index >= 15 is 0 Å². The predicted molar refractivity (Wildman–Crippen MR) is 82.1 cm³/mol. The van der Waals surface area contributed by atoms with E-state index in [-0.39, 0.29) is 5.38 Å². The first-order valence-corrected chi connectivity index (χ1v) is 7.93. The second kappa shape index (κ2) is 7.19. The van der Waals surface area contributed by atoms with Gasteiger partial charge in [-0.15, -0.1) is 11.6 Å². The summed E-state index contributed by atoms with van der Waals surface area (Å²) in [7, 11) is 1.72. The molecule has 0 aromatic heterocycles. The van der Waals surface area contributed by atoms with E-state index in [2.05, 4.69) is 19.1 Å². The minimum Gasteiger partial charge on any atom is -0.496 e. The quantitative estimate of drug-likeness (QED) is 0.634. The normalized spacial score (nSPS) is 18.3. The summed E-state index contributed by atoms with van der Waals surface area (Å²) < 4.78 is 5.43. The molecule has 1 unspecified atom stereocenters. The summed E-state index contributed by atoms with van der Waals surface area (Å²) in [5.41, 5.74) is 2.40. The zero-order valence-corrected chi connectivity index (χ0v) is 12.9. The molecule has 2 heteroatoms. The van der Waals surface area contributed by atoms with E-state index in [1.54, 1.807) is 7.11 Å². The van der Waals surface area contributed by atoms with Gasteiger partial charge in [-0.1, -0.05) is 49.8 Å². The summed E-state index contributed by atoms with van der Waals surface area (Å²) in [6, 6.07) is 6.27.